The van der Waals surface area contributed by atoms with Gasteiger partial charge in [0, 0.05) is 11.7 Å². The van der Waals surface area contributed by atoms with Crippen LogP contribution in [0.4, 0.5) is 5.69 Å². The van der Waals surface area contributed by atoms with E-state index in [1.807, 2.05) is 49.9 Å². The summed E-state index contributed by atoms with van der Waals surface area (Å²) in [7, 11) is 0. The summed E-state index contributed by atoms with van der Waals surface area (Å²) in [5.41, 5.74) is 1.98. The summed E-state index contributed by atoms with van der Waals surface area (Å²) in [6.07, 6.45) is 0.931. The van der Waals surface area contributed by atoms with Gasteiger partial charge in [0.05, 0.1) is 13.1 Å². The molecule has 22 heavy (non-hydrogen) atoms. The lowest BCUT2D eigenvalue weighted by Gasteiger charge is -2.20. The van der Waals surface area contributed by atoms with Crippen LogP contribution in [0.3, 0.4) is 0 Å². The third kappa shape index (κ3) is 6.72. The zero-order chi connectivity index (χ0) is 16.5. The summed E-state index contributed by atoms with van der Waals surface area (Å²) in [4.78, 5) is 25.7. The molecule has 0 aliphatic heterocycles. The molecule has 0 bridgehead atoms. The molecule has 2 amide bonds. The molecule has 0 spiro atoms. The smallest absolute Gasteiger partial charge is 0.238 e. The lowest BCUT2D eigenvalue weighted by Crippen LogP contribution is -2.42. The summed E-state index contributed by atoms with van der Waals surface area (Å²) in [6.45, 7) is 8.94. The van der Waals surface area contributed by atoms with E-state index in [0.29, 0.717) is 6.54 Å². The molecule has 0 atom stereocenters. The fraction of sp³-hybridized carbons (Fsp3) is 0.529. The van der Waals surface area contributed by atoms with Gasteiger partial charge in [-0.2, -0.15) is 0 Å². The van der Waals surface area contributed by atoms with Crippen LogP contribution in [0, 0.1) is 0 Å². The quantitative estimate of drug-likeness (QED) is 0.772. The first-order valence-electron chi connectivity index (χ1n) is 7.85. The molecule has 0 radical (unpaired) electrons. The van der Waals surface area contributed by atoms with Crippen LogP contribution in [0.5, 0.6) is 0 Å². The molecule has 0 saturated carbocycles. The molecule has 0 saturated heterocycles. The number of aryl methyl sites for hydroxylation is 1. The van der Waals surface area contributed by atoms with E-state index in [1.54, 1.807) is 0 Å². The first-order chi connectivity index (χ1) is 10.4. The highest BCUT2D eigenvalue weighted by molar-refractivity contribution is 5.92. The number of amides is 2. The molecule has 1 aromatic carbocycles. The van der Waals surface area contributed by atoms with Crippen LogP contribution in [0.1, 0.15) is 33.3 Å². The average Bonchev–Trinajstić information content (AvgIpc) is 2.45. The predicted molar refractivity (Wildman–Crippen MR) is 89.8 cm³/mol. The van der Waals surface area contributed by atoms with Crippen molar-refractivity contribution in [3.05, 3.63) is 29.8 Å². The summed E-state index contributed by atoms with van der Waals surface area (Å²) in [5.74, 6) is -0.162. The van der Waals surface area contributed by atoms with Crippen LogP contribution in [0.25, 0.3) is 0 Å². The second kappa shape index (κ2) is 9.20. The van der Waals surface area contributed by atoms with Gasteiger partial charge in [-0.05, 0) is 44.5 Å². The Morgan fingerprint density at radius 2 is 1.82 bits per heavy atom. The molecule has 0 heterocycles. The third-order valence-corrected chi connectivity index (χ3v) is 3.25. The van der Waals surface area contributed by atoms with E-state index in [4.69, 9.17) is 0 Å². The van der Waals surface area contributed by atoms with Crippen molar-refractivity contribution in [3.8, 4) is 0 Å². The minimum Gasteiger partial charge on any atom is -0.353 e. The molecule has 5 heteroatoms. The van der Waals surface area contributed by atoms with E-state index in [2.05, 4.69) is 17.6 Å². The number of hydrogen-bond donors (Lipinski definition) is 2. The van der Waals surface area contributed by atoms with Gasteiger partial charge in [-0.1, -0.05) is 26.0 Å². The highest BCUT2D eigenvalue weighted by Crippen LogP contribution is 2.11. The number of rotatable bonds is 8. The minimum atomic E-state index is -0.104. The van der Waals surface area contributed by atoms with Crippen molar-refractivity contribution in [2.75, 3.05) is 25.0 Å². The van der Waals surface area contributed by atoms with E-state index >= 15 is 0 Å². The highest BCUT2D eigenvalue weighted by atomic mass is 16.2. The first kappa shape index (κ1) is 18.2. The van der Waals surface area contributed by atoms with Gasteiger partial charge in [0.2, 0.25) is 11.8 Å². The van der Waals surface area contributed by atoms with Crippen molar-refractivity contribution in [1.29, 1.82) is 0 Å². The van der Waals surface area contributed by atoms with Gasteiger partial charge in [0.25, 0.3) is 0 Å². The van der Waals surface area contributed by atoms with Crippen molar-refractivity contribution < 1.29 is 9.59 Å². The summed E-state index contributed by atoms with van der Waals surface area (Å²) < 4.78 is 0. The molecule has 0 unspecified atom stereocenters. The Hall–Kier alpha value is -1.88. The number of carbonyl (C=O) groups is 2. The molecule has 0 aliphatic carbocycles. The van der Waals surface area contributed by atoms with E-state index in [-0.39, 0.29) is 30.9 Å². The molecule has 1 rings (SSSR count). The lowest BCUT2D eigenvalue weighted by atomic mass is 10.1. The Bertz CT molecular complexity index is 500. The largest absolute Gasteiger partial charge is 0.353 e. The maximum atomic E-state index is 12.1. The molecular weight excluding hydrogens is 278 g/mol. The van der Waals surface area contributed by atoms with Crippen LogP contribution >= 0.6 is 0 Å². The number of benzene rings is 1. The monoisotopic (exact) mass is 305 g/mol. The predicted octanol–water partition coefficient (Wildman–Crippen LogP) is 2.03. The van der Waals surface area contributed by atoms with E-state index in [1.165, 1.54) is 5.56 Å². The van der Waals surface area contributed by atoms with Gasteiger partial charge >= 0.3 is 0 Å². The van der Waals surface area contributed by atoms with E-state index in [0.717, 1.165) is 12.1 Å². The van der Waals surface area contributed by atoms with Crippen molar-refractivity contribution in [3.63, 3.8) is 0 Å². The average molecular weight is 305 g/mol. The third-order valence-electron chi connectivity index (χ3n) is 3.25. The highest BCUT2D eigenvalue weighted by Gasteiger charge is 2.13. The van der Waals surface area contributed by atoms with Crippen LogP contribution in [-0.2, 0) is 16.0 Å². The van der Waals surface area contributed by atoms with Gasteiger partial charge in [0.1, 0.15) is 0 Å². The fourth-order valence-electron chi connectivity index (χ4n) is 2.12. The van der Waals surface area contributed by atoms with E-state index in [9.17, 15) is 9.59 Å². The maximum absolute atomic E-state index is 12.1. The van der Waals surface area contributed by atoms with Gasteiger partial charge < -0.3 is 10.6 Å². The molecule has 0 fully saturated rings. The molecule has 5 nitrogen and oxygen atoms in total. The Morgan fingerprint density at radius 1 is 1.14 bits per heavy atom. The number of carbonyl (C=O) groups excluding carboxylic acids is 2. The summed E-state index contributed by atoms with van der Waals surface area (Å²) in [5, 5.41) is 5.72. The SMILES string of the molecule is CCc1cccc(NC(=O)CN(CC)CC(=O)NC(C)C)c1. The topological polar surface area (TPSA) is 61.4 Å². The van der Waals surface area contributed by atoms with Crippen molar-refractivity contribution in [2.24, 2.45) is 0 Å². The molecule has 0 aromatic heterocycles. The maximum Gasteiger partial charge on any atom is 0.238 e. The summed E-state index contributed by atoms with van der Waals surface area (Å²) >= 11 is 0. The number of likely N-dealkylation sites (N-methyl/N-ethyl adjacent to an activating group) is 1. The number of nitrogens with zero attached hydrogens (tertiary/aromatic N) is 1. The standard InChI is InChI=1S/C17H27N3O2/c1-5-14-8-7-9-15(10-14)19-17(22)12-20(6-2)11-16(21)18-13(3)4/h7-10,13H,5-6,11-12H2,1-4H3,(H,18,21)(H,19,22). The normalized spacial score (nSPS) is 10.8. The second-order valence-electron chi connectivity index (χ2n) is 5.63. The first-order valence-corrected chi connectivity index (χ1v) is 7.85. The molecule has 1 aromatic rings. The zero-order valence-electron chi connectivity index (χ0n) is 14.0. The Labute approximate surface area is 133 Å². The van der Waals surface area contributed by atoms with Gasteiger partial charge in [0.15, 0.2) is 0 Å². The lowest BCUT2D eigenvalue weighted by molar-refractivity contribution is -0.123. The van der Waals surface area contributed by atoms with Crippen LogP contribution in [0.15, 0.2) is 24.3 Å². The van der Waals surface area contributed by atoms with Crippen molar-refractivity contribution in [1.82, 2.24) is 10.2 Å². The van der Waals surface area contributed by atoms with Crippen molar-refractivity contribution >= 4 is 17.5 Å². The minimum absolute atomic E-state index is 0.0577. The molecule has 0 aliphatic rings. The molecule has 122 valence electrons. The van der Waals surface area contributed by atoms with Gasteiger partial charge in [-0.25, -0.2) is 0 Å². The number of hydrogen-bond acceptors (Lipinski definition) is 3. The van der Waals surface area contributed by atoms with Crippen LogP contribution in [0.2, 0.25) is 0 Å². The molecule has 2 N–H and O–H groups in total. The van der Waals surface area contributed by atoms with E-state index < -0.39 is 0 Å². The Morgan fingerprint density at radius 3 is 2.41 bits per heavy atom. The van der Waals surface area contributed by atoms with Gasteiger partial charge in [-0.3, -0.25) is 14.5 Å². The van der Waals surface area contributed by atoms with Crippen molar-refractivity contribution in [2.45, 2.75) is 40.2 Å². The van der Waals surface area contributed by atoms with Gasteiger partial charge in [-0.15, -0.1) is 0 Å². The fourth-order valence-corrected chi connectivity index (χ4v) is 2.12. The summed E-state index contributed by atoms with van der Waals surface area (Å²) in [6, 6.07) is 7.92. The number of anilines is 1. The Kier molecular flexibility index (Phi) is 7.60. The number of nitrogens with one attached hydrogen (secondary N) is 2. The second-order valence-corrected chi connectivity index (χ2v) is 5.63. The zero-order valence-corrected chi connectivity index (χ0v) is 14.0. The van der Waals surface area contributed by atoms with Crippen LogP contribution in [-0.4, -0.2) is 42.4 Å². The Balaban J connectivity index is 2.52. The van der Waals surface area contributed by atoms with Crippen LogP contribution < -0.4 is 10.6 Å². The molecular formula is C17H27N3O2.